The van der Waals surface area contributed by atoms with E-state index >= 15 is 0 Å². The summed E-state index contributed by atoms with van der Waals surface area (Å²) in [7, 11) is 0. The molecule has 1 aliphatic heterocycles. The van der Waals surface area contributed by atoms with E-state index < -0.39 is 0 Å². The molecule has 1 unspecified atom stereocenters. The van der Waals surface area contributed by atoms with E-state index in [1.807, 2.05) is 18.2 Å². The zero-order valence-electron chi connectivity index (χ0n) is 8.39. The highest BCUT2D eigenvalue weighted by molar-refractivity contribution is 9.09. The molecule has 0 saturated carbocycles. The number of aliphatic hydroxyl groups is 1. The number of hydrogen-bond donors (Lipinski definition) is 2. The fraction of sp³-hybridized carbons (Fsp3) is 0.167. The van der Waals surface area contributed by atoms with Crippen LogP contribution < -0.4 is 10.4 Å². The van der Waals surface area contributed by atoms with E-state index in [2.05, 4.69) is 15.9 Å². The van der Waals surface area contributed by atoms with Gasteiger partial charge in [-0.3, -0.25) is 10.3 Å². The van der Waals surface area contributed by atoms with E-state index in [4.69, 9.17) is 0 Å². The molecule has 3 rings (SSSR count). The summed E-state index contributed by atoms with van der Waals surface area (Å²) in [6, 6.07) is 5.87. The van der Waals surface area contributed by atoms with Gasteiger partial charge >= 0.3 is 0 Å². The van der Waals surface area contributed by atoms with Crippen LogP contribution in [0.3, 0.4) is 0 Å². The first-order valence-electron chi connectivity index (χ1n) is 5.01. The fourth-order valence-corrected chi connectivity index (χ4v) is 2.78. The van der Waals surface area contributed by atoms with E-state index in [-0.39, 0.29) is 10.6 Å². The van der Waals surface area contributed by atoms with Crippen LogP contribution in [0.15, 0.2) is 30.0 Å². The molecular formula is C12H10BrNO2. The molecule has 0 bridgehead atoms. The van der Waals surface area contributed by atoms with Crippen LogP contribution in [0.25, 0.3) is 11.8 Å². The van der Waals surface area contributed by atoms with Crippen LogP contribution in [0.2, 0.25) is 0 Å². The van der Waals surface area contributed by atoms with Crippen molar-refractivity contribution in [1.82, 2.24) is 5.06 Å². The van der Waals surface area contributed by atoms with Crippen molar-refractivity contribution in [3.63, 3.8) is 0 Å². The van der Waals surface area contributed by atoms with Crippen LogP contribution >= 0.6 is 15.9 Å². The standard InChI is InChI=1S/C12H10BrNO2/c13-12-9-3-1-2-7-5-14(16)6-8(11(7)9)4-10(12)15/h1-5,12,15-16H,6H2. The monoisotopic (exact) mass is 279 g/mol. The lowest BCUT2D eigenvalue weighted by Crippen LogP contribution is -2.41. The van der Waals surface area contributed by atoms with Gasteiger partial charge in [-0.2, -0.15) is 0 Å². The number of benzene rings is 1. The van der Waals surface area contributed by atoms with Crippen molar-refractivity contribution in [1.29, 1.82) is 0 Å². The van der Waals surface area contributed by atoms with E-state index in [0.29, 0.717) is 6.54 Å². The first kappa shape index (κ1) is 9.93. The number of hydroxylamine groups is 2. The minimum Gasteiger partial charge on any atom is -0.511 e. The van der Waals surface area contributed by atoms with Crippen molar-refractivity contribution in [2.45, 2.75) is 4.83 Å². The molecule has 1 aromatic carbocycles. The van der Waals surface area contributed by atoms with Crippen molar-refractivity contribution in [3.8, 4) is 0 Å². The molecule has 2 N–H and O–H groups in total. The topological polar surface area (TPSA) is 43.7 Å². The fourth-order valence-electron chi connectivity index (χ4n) is 2.27. The summed E-state index contributed by atoms with van der Waals surface area (Å²) in [4.78, 5) is -0.148. The van der Waals surface area contributed by atoms with Gasteiger partial charge in [-0.05, 0) is 22.4 Å². The first-order chi connectivity index (χ1) is 7.66. The molecule has 1 aromatic rings. The molecule has 82 valence electrons. The normalized spacial score (nSPS) is 22.4. The van der Waals surface area contributed by atoms with Crippen molar-refractivity contribution in [2.24, 2.45) is 0 Å². The smallest absolute Gasteiger partial charge is 0.111 e. The van der Waals surface area contributed by atoms with Gasteiger partial charge in [0, 0.05) is 11.4 Å². The van der Waals surface area contributed by atoms with Gasteiger partial charge < -0.3 is 5.11 Å². The summed E-state index contributed by atoms with van der Waals surface area (Å²) in [5.74, 6) is 0.287. The molecule has 0 radical (unpaired) electrons. The van der Waals surface area contributed by atoms with E-state index in [9.17, 15) is 10.3 Å². The van der Waals surface area contributed by atoms with Gasteiger partial charge in [0.2, 0.25) is 0 Å². The van der Waals surface area contributed by atoms with Crippen LogP contribution in [-0.4, -0.2) is 21.9 Å². The molecule has 4 heteroatoms. The minimum atomic E-state index is -0.148. The van der Waals surface area contributed by atoms with Crippen LogP contribution in [0.5, 0.6) is 0 Å². The third-order valence-electron chi connectivity index (χ3n) is 2.93. The number of halogens is 1. The maximum atomic E-state index is 9.81. The van der Waals surface area contributed by atoms with Gasteiger partial charge in [0.1, 0.15) is 5.76 Å². The molecule has 0 fully saturated rings. The maximum absolute atomic E-state index is 9.81. The number of allylic oxidation sites excluding steroid dienone is 1. The van der Waals surface area contributed by atoms with Crippen LogP contribution in [0, 0.1) is 0 Å². The average molecular weight is 280 g/mol. The summed E-state index contributed by atoms with van der Waals surface area (Å²) in [5, 5.41) is 22.6. The third-order valence-corrected chi connectivity index (χ3v) is 3.89. The highest BCUT2D eigenvalue weighted by Gasteiger charge is 2.22. The Bertz CT molecular complexity index is 606. The lowest BCUT2D eigenvalue weighted by molar-refractivity contribution is -0.00752. The second kappa shape index (κ2) is 3.37. The van der Waals surface area contributed by atoms with Gasteiger partial charge in [0.15, 0.2) is 0 Å². The SMILES string of the molecule is OC1=CC2=c3c(cccc3=CN(O)C2)C1Br. The first-order valence-corrected chi connectivity index (χ1v) is 5.92. The molecular weight excluding hydrogens is 270 g/mol. The Morgan fingerprint density at radius 2 is 2.19 bits per heavy atom. The van der Waals surface area contributed by atoms with Gasteiger partial charge in [-0.15, -0.1) is 0 Å². The van der Waals surface area contributed by atoms with E-state index in [1.54, 1.807) is 12.3 Å². The Labute approximate surface area is 101 Å². The van der Waals surface area contributed by atoms with Crippen LogP contribution in [-0.2, 0) is 0 Å². The lowest BCUT2D eigenvalue weighted by Gasteiger charge is -2.24. The van der Waals surface area contributed by atoms with E-state index in [1.165, 1.54) is 0 Å². The number of rotatable bonds is 0. The highest BCUT2D eigenvalue weighted by Crippen LogP contribution is 2.30. The maximum Gasteiger partial charge on any atom is 0.111 e. The Balaban J connectivity index is 2.45. The predicted molar refractivity (Wildman–Crippen MR) is 64.4 cm³/mol. The molecule has 1 aliphatic carbocycles. The Morgan fingerprint density at radius 1 is 1.38 bits per heavy atom. The molecule has 0 amide bonds. The van der Waals surface area contributed by atoms with E-state index in [0.717, 1.165) is 26.6 Å². The summed E-state index contributed by atoms with van der Waals surface area (Å²) in [5.41, 5.74) is 2.00. The number of alkyl halides is 1. The van der Waals surface area contributed by atoms with Crippen molar-refractivity contribution >= 4 is 27.7 Å². The number of nitrogens with zero attached hydrogens (tertiary/aromatic N) is 1. The molecule has 1 atom stereocenters. The quantitative estimate of drug-likeness (QED) is 0.701. The van der Waals surface area contributed by atoms with Crippen LogP contribution in [0.4, 0.5) is 0 Å². The number of hydrogen-bond acceptors (Lipinski definition) is 3. The van der Waals surface area contributed by atoms with Crippen molar-refractivity contribution in [3.05, 3.63) is 46.0 Å². The average Bonchev–Trinajstić information content (AvgIpc) is 2.25. The molecule has 2 aliphatic rings. The summed E-state index contributed by atoms with van der Waals surface area (Å²) in [6.45, 7) is 0.411. The zero-order chi connectivity index (χ0) is 11.3. The Morgan fingerprint density at radius 3 is 3.00 bits per heavy atom. The van der Waals surface area contributed by atoms with Crippen molar-refractivity contribution in [2.75, 3.05) is 6.54 Å². The molecule has 0 spiro atoms. The largest absolute Gasteiger partial charge is 0.511 e. The van der Waals surface area contributed by atoms with Gasteiger partial charge in [-0.1, -0.05) is 34.1 Å². The molecule has 16 heavy (non-hydrogen) atoms. The summed E-state index contributed by atoms with van der Waals surface area (Å²) < 4.78 is 0. The summed E-state index contributed by atoms with van der Waals surface area (Å²) in [6.07, 6.45) is 3.43. The van der Waals surface area contributed by atoms with Gasteiger partial charge in [0.05, 0.1) is 11.4 Å². The molecule has 0 saturated heterocycles. The zero-order valence-corrected chi connectivity index (χ0v) is 9.98. The third kappa shape index (κ3) is 1.30. The molecule has 3 nitrogen and oxygen atoms in total. The minimum absolute atomic E-state index is 0.148. The number of aliphatic hydroxyl groups excluding tert-OH is 1. The van der Waals surface area contributed by atoms with Gasteiger partial charge in [0.25, 0.3) is 0 Å². The second-order valence-electron chi connectivity index (χ2n) is 4.00. The van der Waals surface area contributed by atoms with Gasteiger partial charge in [-0.25, -0.2) is 0 Å². The predicted octanol–water partition coefficient (Wildman–Crippen LogP) is 1.17. The Hall–Kier alpha value is -1.26. The second-order valence-corrected chi connectivity index (χ2v) is 4.91. The Kier molecular flexibility index (Phi) is 2.09. The van der Waals surface area contributed by atoms with Crippen molar-refractivity contribution < 1.29 is 10.3 Å². The lowest BCUT2D eigenvalue weighted by atomic mass is 9.94. The highest BCUT2D eigenvalue weighted by atomic mass is 79.9. The van der Waals surface area contributed by atoms with Crippen LogP contribution in [0.1, 0.15) is 10.4 Å². The molecule has 0 aromatic heterocycles. The molecule has 1 heterocycles. The summed E-state index contributed by atoms with van der Waals surface area (Å²) >= 11 is 3.46.